The minimum Gasteiger partial charge on any atom is -0.405 e. The summed E-state index contributed by atoms with van der Waals surface area (Å²) in [5.41, 5.74) is 5.17. The fourth-order valence-electron chi connectivity index (χ4n) is 0.204. The van der Waals surface area contributed by atoms with Crippen LogP contribution in [0.5, 0.6) is 0 Å². The molecule has 8 heavy (non-hydrogen) atoms. The third kappa shape index (κ3) is 1.98. The Kier molecular flexibility index (Phi) is 2.04. The largest absolute Gasteiger partial charge is 0.405 e. The summed E-state index contributed by atoms with van der Waals surface area (Å²) in [7, 11) is 0. The first-order valence-electron chi connectivity index (χ1n) is 2.60. The summed E-state index contributed by atoms with van der Waals surface area (Å²) < 4.78 is 0. The molecular formula is C6H13NO. The third-order valence-corrected chi connectivity index (χ3v) is 1.22. The summed E-state index contributed by atoms with van der Waals surface area (Å²) >= 11 is 0. The summed E-state index contributed by atoms with van der Waals surface area (Å²) in [5, 5.41) is 9.14. The Labute approximate surface area is 50.0 Å². The van der Waals surface area contributed by atoms with Gasteiger partial charge in [0.05, 0.1) is 5.60 Å². The van der Waals surface area contributed by atoms with Crippen LogP contribution in [0.25, 0.3) is 0 Å². The van der Waals surface area contributed by atoms with Gasteiger partial charge in [-0.15, -0.1) is 0 Å². The van der Waals surface area contributed by atoms with Crippen molar-refractivity contribution in [1.29, 1.82) is 0 Å². The standard InChI is InChI=1S/C6H13NO/c1-5(4-7)6(2,3)8/h4,8H,7H2,1-3H3/b5-4+. The molecule has 0 atom stereocenters. The van der Waals surface area contributed by atoms with Gasteiger partial charge < -0.3 is 10.8 Å². The highest BCUT2D eigenvalue weighted by Gasteiger charge is 2.13. The van der Waals surface area contributed by atoms with Crippen molar-refractivity contribution in [3.05, 3.63) is 11.8 Å². The van der Waals surface area contributed by atoms with E-state index in [2.05, 4.69) is 0 Å². The Morgan fingerprint density at radius 1 is 1.62 bits per heavy atom. The van der Waals surface area contributed by atoms with E-state index < -0.39 is 5.60 Å². The zero-order chi connectivity index (χ0) is 6.78. The van der Waals surface area contributed by atoms with E-state index >= 15 is 0 Å². The van der Waals surface area contributed by atoms with Crippen molar-refractivity contribution in [3.63, 3.8) is 0 Å². The van der Waals surface area contributed by atoms with Gasteiger partial charge in [-0.2, -0.15) is 0 Å². The molecule has 0 unspecified atom stereocenters. The Hall–Kier alpha value is -0.500. The normalized spacial score (nSPS) is 14.2. The van der Waals surface area contributed by atoms with Crippen molar-refractivity contribution in [2.75, 3.05) is 0 Å². The Bertz CT molecular complexity index is 99.6. The molecule has 0 aromatic heterocycles. The molecule has 0 heterocycles. The number of hydrogen-bond donors (Lipinski definition) is 2. The highest BCUT2D eigenvalue weighted by molar-refractivity contribution is 5.07. The number of aliphatic hydroxyl groups is 1. The number of hydrogen-bond acceptors (Lipinski definition) is 2. The van der Waals surface area contributed by atoms with Crippen molar-refractivity contribution in [1.82, 2.24) is 0 Å². The fraction of sp³-hybridized carbons (Fsp3) is 0.667. The molecule has 0 fully saturated rings. The molecule has 0 radical (unpaired) electrons. The van der Waals surface area contributed by atoms with Crippen LogP contribution in [0.3, 0.4) is 0 Å². The second-order valence-electron chi connectivity index (χ2n) is 2.41. The summed E-state index contributed by atoms with van der Waals surface area (Å²) in [6.45, 7) is 5.19. The van der Waals surface area contributed by atoms with Crippen molar-refractivity contribution in [2.45, 2.75) is 26.4 Å². The second-order valence-corrected chi connectivity index (χ2v) is 2.41. The lowest BCUT2D eigenvalue weighted by Crippen LogP contribution is -2.20. The van der Waals surface area contributed by atoms with Gasteiger partial charge >= 0.3 is 0 Å². The SMILES string of the molecule is C/C(=C\N)C(C)(C)O. The Morgan fingerprint density at radius 3 is 2.00 bits per heavy atom. The lowest BCUT2D eigenvalue weighted by atomic mass is 10.0. The van der Waals surface area contributed by atoms with E-state index in [0.717, 1.165) is 5.57 Å². The van der Waals surface area contributed by atoms with Crippen LogP contribution in [0, 0.1) is 0 Å². The Morgan fingerprint density at radius 2 is 2.00 bits per heavy atom. The van der Waals surface area contributed by atoms with Crippen LogP contribution < -0.4 is 5.73 Å². The molecule has 0 amide bonds. The van der Waals surface area contributed by atoms with Gasteiger partial charge in [0.25, 0.3) is 0 Å². The predicted octanol–water partition coefficient (Wildman–Crippen LogP) is 0.620. The van der Waals surface area contributed by atoms with Crippen LogP contribution in [0.1, 0.15) is 20.8 Å². The maximum absolute atomic E-state index is 9.14. The molecule has 3 N–H and O–H groups in total. The molecule has 0 saturated heterocycles. The second kappa shape index (κ2) is 2.18. The zero-order valence-corrected chi connectivity index (χ0v) is 5.60. The molecule has 0 spiro atoms. The van der Waals surface area contributed by atoms with Crippen molar-refractivity contribution in [3.8, 4) is 0 Å². The quantitative estimate of drug-likeness (QED) is 0.526. The van der Waals surface area contributed by atoms with Gasteiger partial charge in [0.15, 0.2) is 0 Å². The molecule has 0 rings (SSSR count). The summed E-state index contributed by atoms with van der Waals surface area (Å²) in [6.07, 6.45) is 1.42. The molecule has 48 valence electrons. The van der Waals surface area contributed by atoms with Crippen molar-refractivity contribution < 1.29 is 5.11 Å². The first-order chi connectivity index (χ1) is 3.48. The Balaban J connectivity index is 4.03. The van der Waals surface area contributed by atoms with E-state index in [1.807, 2.05) is 0 Å². The zero-order valence-electron chi connectivity index (χ0n) is 5.60. The van der Waals surface area contributed by atoms with Crippen LogP contribution in [-0.2, 0) is 0 Å². The molecule has 0 saturated carbocycles. The van der Waals surface area contributed by atoms with E-state index in [9.17, 15) is 0 Å². The van der Waals surface area contributed by atoms with Gasteiger partial charge in [-0.1, -0.05) is 0 Å². The van der Waals surface area contributed by atoms with Crippen LogP contribution >= 0.6 is 0 Å². The maximum atomic E-state index is 9.14. The third-order valence-electron chi connectivity index (χ3n) is 1.22. The lowest BCUT2D eigenvalue weighted by Gasteiger charge is -2.16. The van der Waals surface area contributed by atoms with E-state index in [4.69, 9.17) is 10.8 Å². The van der Waals surface area contributed by atoms with Gasteiger partial charge in [-0.3, -0.25) is 0 Å². The van der Waals surface area contributed by atoms with E-state index in [0.29, 0.717) is 0 Å². The molecule has 2 heteroatoms. The first-order valence-corrected chi connectivity index (χ1v) is 2.60. The van der Waals surface area contributed by atoms with E-state index in [1.54, 1.807) is 20.8 Å². The van der Waals surface area contributed by atoms with Crippen molar-refractivity contribution >= 4 is 0 Å². The van der Waals surface area contributed by atoms with Gasteiger partial charge in [0.1, 0.15) is 0 Å². The maximum Gasteiger partial charge on any atom is 0.0814 e. The molecule has 0 aliphatic heterocycles. The van der Waals surface area contributed by atoms with Crippen molar-refractivity contribution in [2.24, 2.45) is 5.73 Å². The predicted molar refractivity (Wildman–Crippen MR) is 34.2 cm³/mol. The molecule has 0 aliphatic carbocycles. The van der Waals surface area contributed by atoms with E-state index in [-0.39, 0.29) is 0 Å². The molecule has 0 aromatic rings. The topological polar surface area (TPSA) is 46.2 Å². The van der Waals surface area contributed by atoms with Crippen LogP contribution in [0.4, 0.5) is 0 Å². The summed E-state index contributed by atoms with van der Waals surface area (Å²) in [6, 6.07) is 0. The van der Waals surface area contributed by atoms with Crippen LogP contribution in [0.2, 0.25) is 0 Å². The first kappa shape index (κ1) is 7.50. The smallest absolute Gasteiger partial charge is 0.0814 e. The monoisotopic (exact) mass is 115 g/mol. The number of rotatable bonds is 1. The van der Waals surface area contributed by atoms with Gasteiger partial charge in [-0.25, -0.2) is 0 Å². The molecule has 2 nitrogen and oxygen atoms in total. The van der Waals surface area contributed by atoms with Gasteiger partial charge in [0, 0.05) is 0 Å². The fourth-order valence-corrected chi connectivity index (χ4v) is 0.204. The van der Waals surface area contributed by atoms with Gasteiger partial charge in [-0.05, 0) is 32.5 Å². The summed E-state index contributed by atoms with van der Waals surface area (Å²) in [5.74, 6) is 0. The van der Waals surface area contributed by atoms with Gasteiger partial charge in [0.2, 0.25) is 0 Å². The van der Waals surface area contributed by atoms with Crippen LogP contribution in [-0.4, -0.2) is 10.7 Å². The highest BCUT2D eigenvalue weighted by atomic mass is 16.3. The van der Waals surface area contributed by atoms with Crippen LogP contribution in [0.15, 0.2) is 11.8 Å². The molecule has 0 bridgehead atoms. The minimum atomic E-state index is -0.755. The molecule has 0 aromatic carbocycles. The molecular weight excluding hydrogens is 102 g/mol. The summed E-state index contributed by atoms with van der Waals surface area (Å²) in [4.78, 5) is 0. The molecule has 0 aliphatic rings. The minimum absolute atomic E-state index is 0.755. The lowest BCUT2D eigenvalue weighted by molar-refractivity contribution is 0.119. The highest BCUT2D eigenvalue weighted by Crippen LogP contribution is 2.11. The number of nitrogens with two attached hydrogens (primary N) is 1. The van der Waals surface area contributed by atoms with E-state index in [1.165, 1.54) is 6.20 Å². The average molecular weight is 115 g/mol. The average Bonchev–Trinajstić information content (AvgIpc) is 1.62.